The normalized spacial score (nSPS) is 11.1. The van der Waals surface area contributed by atoms with E-state index >= 15 is 0 Å². The minimum Gasteiger partial charge on any atom is -0.226 e. The molecule has 5 aromatic rings. The molecule has 164 valence electrons. The molecule has 0 saturated carbocycles. The van der Waals surface area contributed by atoms with Gasteiger partial charge < -0.3 is 0 Å². The van der Waals surface area contributed by atoms with Gasteiger partial charge in [0, 0.05) is 5.75 Å². The first kappa shape index (κ1) is 21.2. The van der Waals surface area contributed by atoms with E-state index < -0.39 is 0 Å². The first-order chi connectivity index (χ1) is 16.2. The average Bonchev–Trinajstić information content (AvgIpc) is 3.48. The van der Waals surface area contributed by atoms with E-state index in [0.717, 1.165) is 27.6 Å². The van der Waals surface area contributed by atoms with Crippen molar-refractivity contribution in [2.24, 2.45) is 0 Å². The Morgan fingerprint density at radius 3 is 2.27 bits per heavy atom. The Morgan fingerprint density at radius 2 is 1.55 bits per heavy atom. The van der Waals surface area contributed by atoms with Gasteiger partial charge >= 0.3 is 0 Å². The van der Waals surface area contributed by atoms with Gasteiger partial charge in [0.2, 0.25) is 5.82 Å². The highest BCUT2D eigenvalue weighted by molar-refractivity contribution is 7.98. The molecule has 2 heterocycles. The molecule has 0 aliphatic rings. The standard InChI is InChI=1S/C26H24N6S/c1-19-13-14-23(15-20(19)2)32-26(33-18-22-11-7-4-8-12-22)24(16-27-32)25-28-30-31(29-25)17-21-9-5-3-6-10-21/h3-16H,17-18H2,1-2H3. The first-order valence-electron chi connectivity index (χ1n) is 10.8. The molecule has 0 saturated heterocycles. The topological polar surface area (TPSA) is 61.4 Å². The monoisotopic (exact) mass is 452 g/mol. The van der Waals surface area contributed by atoms with Gasteiger partial charge in [0.25, 0.3) is 0 Å². The van der Waals surface area contributed by atoms with Gasteiger partial charge in [-0.05, 0) is 53.4 Å². The molecule has 0 amide bonds. The predicted molar refractivity (Wildman–Crippen MR) is 131 cm³/mol. The largest absolute Gasteiger partial charge is 0.226 e. The molecule has 0 spiro atoms. The second-order valence-corrected chi connectivity index (χ2v) is 8.91. The quantitative estimate of drug-likeness (QED) is 0.306. The van der Waals surface area contributed by atoms with Crippen LogP contribution in [0.3, 0.4) is 0 Å². The molecule has 0 bridgehead atoms. The maximum Gasteiger partial charge on any atom is 0.209 e. The summed E-state index contributed by atoms with van der Waals surface area (Å²) in [4.78, 5) is 1.63. The zero-order valence-electron chi connectivity index (χ0n) is 18.6. The number of hydrogen-bond donors (Lipinski definition) is 0. The van der Waals surface area contributed by atoms with E-state index in [2.05, 4.69) is 83.9 Å². The summed E-state index contributed by atoms with van der Waals surface area (Å²) in [5.74, 6) is 1.40. The Balaban J connectivity index is 1.50. The number of aromatic nitrogens is 6. The molecule has 0 atom stereocenters. The fourth-order valence-electron chi connectivity index (χ4n) is 3.56. The molecule has 5 rings (SSSR count). The molecule has 0 fully saturated rings. The maximum atomic E-state index is 4.72. The number of tetrazole rings is 1. The van der Waals surface area contributed by atoms with Crippen molar-refractivity contribution < 1.29 is 0 Å². The first-order valence-corrected chi connectivity index (χ1v) is 11.8. The van der Waals surface area contributed by atoms with Crippen molar-refractivity contribution in [1.29, 1.82) is 0 Å². The van der Waals surface area contributed by atoms with Gasteiger partial charge in [0.1, 0.15) is 5.03 Å². The van der Waals surface area contributed by atoms with Crippen LogP contribution in [0.5, 0.6) is 0 Å². The highest BCUT2D eigenvalue weighted by Crippen LogP contribution is 2.33. The molecule has 3 aromatic carbocycles. The van der Waals surface area contributed by atoms with Gasteiger partial charge in [-0.2, -0.15) is 9.90 Å². The van der Waals surface area contributed by atoms with Crippen LogP contribution in [0.1, 0.15) is 22.3 Å². The van der Waals surface area contributed by atoms with Crippen molar-refractivity contribution >= 4 is 11.8 Å². The Bertz CT molecular complexity index is 1360. The summed E-state index contributed by atoms with van der Waals surface area (Å²) in [5.41, 5.74) is 6.78. The molecule has 0 aliphatic carbocycles. The van der Waals surface area contributed by atoms with Gasteiger partial charge in [-0.3, -0.25) is 0 Å². The highest BCUT2D eigenvalue weighted by atomic mass is 32.2. The van der Waals surface area contributed by atoms with E-state index in [1.54, 1.807) is 16.6 Å². The van der Waals surface area contributed by atoms with Crippen LogP contribution in [-0.4, -0.2) is 30.0 Å². The lowest BCUT2D eigenvalue weighted by Crippen LogP contribution is -2.03. The van der Waals surface area contributed by atoms with Crippen LogP contribution in [0.25, 0.3) is 17.1 Å². The maximum absolute atomic E-state index is 4.72. The lowest BCUT2D eigenvalue weighted by Gasteiger charge is -2.10. The predicted octanol–water partition coefficient (Wildman–Crippen LogP) is 5.48. The Morgan fingerprint density at radius 1 is 0.818 bits per heavy atom. The van der Waals surface area contributed by atoms with E-state index in [0.29, 0.717) is 12.4 Å². The minimum absolute atomic E-state index is 0.575. The second kappa shape index (κ2) is 9.42. The van der Waals surface area contributed by atoms with Crippen molar-refractivity contribution in [3.63, 3.8) is 0 Å². The van der Waals surface area contributed by atoms with Crippen molar-refractivity contribution in [2.75, 3.05) is 0 Å². The van der Waals surface area contributed by atoms with Crippen molar-refractivity contribution in [3.8, 4) is 17.1 Å². The van der Waals surface area contributed by atoms with Crippen molar-refractivity contribution in [2.45, 2.75) is 31.2 Å². The summed E-state index contributed by atoms with van der Waals surface area (Å²) in [6.07, 6.45) is 1.84. The molecular formula is C26H24N6S. The molecule has 0 N–H and O–H groups in total. The van der Waals surface area contributed by atoms with Crippen molar-refractivity contribution in [1.82, 2.24) is 30.0 Å². The fraction of sp³-hybridized carbons (Fsp3) is 0.154. The third-order valence-electron chi connectivity index (χ3n) is 5.54. The Kier molecular flexibility index (Phi) is 6.04. The third kappa shape index (κ3) is 4.73. The van der Waals surface area contributed by atoms with Crippen LogP contribution in [0.2, 0.25) is 0 Å². The molecule has 33 heavy (non-hydrogen) atoms. The van der Waals surface area contributed by atoms with Crippen LogP contribution in [0, 0.1) is 13.8 Å². The van der Waals surface area contributed by atoms with E-state index in [1.807, 2.05) is 35.1 Å². The highest BCUT2D eigenvalue weighted by Gasteiger charge is 2.19. The molecule has 0 aliphatic heterocycles. The van der Waals surface area contributed by atoms with Crippen molar-refractivity contribution in [3.05, 3.63) is 107 Å². The fourth-order valence-corrected chi connectivity index (χ4v) is 4.63. The summed E-state index contributed by atoms with van der Waals surface area (Å²) in [6, 6.07) is 27.0. The van der Waals surface area contributed by atoms with Crippen LogP contribution >= 0.6 is 11.8 Å². The third-order valence-corrected chi connectivity index (χ3v) is 6.68. The van der Waals surface area contributed by atoms with Gasteiger partial charge in [0.15, 0.2) is 0 Å². The molecule has 2 aromatic heterocycles. The summed E-state index contributed by atoms with van der Waals surface area (Å²) in [7, 11) is 0. The smallest absolute Gasteiger partial charge is 0.209 e. The molecule has 0 radical (unpaired) electrons. The molecule has 6 nitrogen and oxygen atoms in total. The number of hydrogen-bond acceptors (Lipinski definition) is 5. The summed E-state index contributed by atoms with van der Waals surface area (Å²) in [6.45, 7) is 4.82. The number of nitrogens with zero attached hydrogens (tertiary/aromatic N) is 6. The lowest BCUT2D eigenvalue weighted by molar-refractivity contribution is 0.573. The van der Waals surface area contributed by atoms with Crippen LogP contribution < -0.4 is 0 Å². The van der Waals surface area contributed by atoms with E-state index in [-0.39, 0.29) is 0 Å². The van der Waals surface area contributed by atoms with Gasteiger partial charge in [-0.15, -0.1) is 22.0 Å². The zero-order chi connectivity index (χ0) is 22.6. The van der Waals surface area contributed by atoms with Gasteiger partial charge in [0.05, 0.1) is 24.0 Å². The SMILES string of the molecule is Cc1ccc(-n2ncc(-c3nnn(Cc4ccccc4)n3)c2SCc2ccccc2)cc1C. The average molecular weight is 453 g/mol. The second-order valence-electron chi connectivity index (χ2n) is 7.95. The number of rotatable bonds is 7. The lowest BCUT2D eigenvalue weighted by atomic mass is 10.1. The number of benzene rings is 3. The van der Waals surface area contributed by atoms with Gasteiger partial charge in [-0.25, -0.2) is 4.68 Å². The van der Waals surface area contributed by atoms with Crippen LogP contribution in [0.4, 0.5) is 0 Å². The van der Waals surface area contributed by atoms with E-state index in [4.69, 9.17) is 5.10 Å². The number of thioether (sulfide) groups is 1. The van der Waals surface area contributed by atoms with E-state index in [1.165, 1.54) is 16.7 Å². The summed E-state index contributed by atoms with van der Waals surface area (Å²) >= 11 is 1.73. The Labute approximate surface area is 197 Å². The molecule has 0 unspecified atom stereocenters. The molecular weight excluding hydrogens is 428 g/mol. The zero-order valence-corrected chi connectivity index (χ0v) is 19.4. The van der Waals surface area contributed by atoms with Crippen LogP contribution in [-0.2, 0) is 12.3 Å². The molecule has 7 heteroatoms. The Hall–Kier alpha value is -3.71. The van der Waals surface area contributed by atoms with E-state index in [9.17, 15) is 0 Å². The van der Waals surface area contributed by atoms with Crippen LogP contribution in [0.15, 0.2) is 90.1 Å². The number of aryl methyl sites for hydroxylation is 2. The summed E-state index contributed by atoms with van der Waals surface area (Å²) < 4.78 is 1.98. The minimum atomic E-state index is 0.575. The summed E-state index contributed by atoms with van der Waals surface area (Å²) in [5, 5.41) is 19.0. The van der Waals surface area contributed by atoms with Gasteiger partial charge in [-0.1, -0.05) is 66.7 Å².